The molecule has 200 valence electrons. The minimum absolute atomic E-state index is 0.0319. The van der Waals surface area contributed by atoms with Crippen molar-refractivity contribution in [2.45, 2.75) is 62.3 Å². The van der Waals surface area contributed by atoms with Crippen LogP contribution in [0.4, 0.5) is 10.7 Å². The fourth-order valence-electron chi connectivity index (χ4n) is 6.46. The van der Waals surface area contributed by atoms with Gasteiger partial charge in [-0.2, -0.15) is 4.98 Å². The van der Waals surface area contributed by atoms with Gasteiger partial charge in [-0.1, -0.05) is 36.8 Å². The number of nitrogens with one attached hydrogen (secondary N) is 1. The van der Waals surface area contributed by atoms with Gasteiger partial charge in [0.15, 0.2) is 0 Å². The molecular formula is C28H40N6O3. The van der Waals surface area contributed by atoms with Crippen molar-refractivity contribution in [1.29, 1.82) is 0 Å². The first-order valence-electron chi connectivity index (χ1n) is 13.5. The number of aliphatic hydroxyl groups excluding tert-OH is 1. The monoisotopic (exact) mass is 508 g/mol. The second-order valence-corrected chi connectivity index (χ2v) is 11.2. The predicted octanol–water partition coefficient (Wildman–Crippen LogP) is 3.52. The van der Waals surface area contributed by atoms with E-state index in [0.29, 0.717) is 18.3 Å². The Kier molecular flexibility index (Phi) is 7.27. The van der Waals surface area contributed by atoms with Gasteiger partial charge in [0.1, 0.15) is 6.23 Å². The number of rotatable bonds is 9. The molecule has 9 heteroatoms. The van der Waals surface area contributed by atoms with Crippen molar-refractivity contribution in [3.63, 3.8) is 0 Å². The van der Waals surface area contributed by atoms with Crippen LogP contribution in [0, 0.1) is 5.92 Å². The molecular weight excluding hydrogens is 468 g/mol. The number of methoxy groups -OCH3 is 1. The van der Waals surface area contributed by atoms with Gasteiger partial charge in [0.05, 0.1) is 19.2 Å². The number of benzene rings is 1. The van der Waals surface area contributed by atoms with E-state index >= 15 is 0 Å². The maximum atomic E-state index is 13.8. The zero-order valence-corrected chi connectivity index (χ0v) is 22.3. The third-order valence-electron chi connectivity index (χ3n) is 8.93. The highest BCUT2D eigenvalue weighted by Gasteiger charge is 2.55. The van der Waals surface area contributed by atoms with Gasteiger partial charge in [-0.15, -0.1) is 0 Å². The van der Waals surface area contributed by atoms with Gasteiger partial charge < -0.3 is 25.0 Å². The fourth-order valence-corrected chi connectivity index (χ4v) is 6.46. The highest BCUT2D eigenvalue weighted by Crippen LogP contribution is 2.49. The van der Waals surface area contributed by atoms with Crippen LogP contribution in [0.3, 0.4) is 0 Å². The molecule has 2 saturated carbocycles. The molecule has 1 aromatic carbocycles. The Balaban J connectivity index is 1.33. The summed E-state index contributed by atoms with van der Waals surface area (Å²) < 4.78 is 5.15. The molecule has 0 radical (unpaired) electrons. The lowest BCUT2D eigenvalue weighted by Gasteiger charge is -2.51. The Labute approximate surface area is 219 Å². The third kappa shape index (κ3) is 4.99. The van der Waals surface area contributed by atoms with Crippen LogP contribution in [-0.2, 0) is 5.54 Å². The number of urea groups is 1. The summed E-state index contributed by atoms with van der Waals surface area (Å²) in [4.78, 5) is 28.5. The summed E-state index contributed by atoms with van der Waals surface area (Å²) in [7, 11) is 5.88. The summed E-state index contributed by atoms with van der Waals surface area (Å²) in [5.74, 6) is 1.28. The quantitative estimate of drug-likeness (QED) is 0.501. The molecule has 9 nitrogen and oxygen atoms in total. The number of hydrogen-bond acceptors (Lipinski definition) is 7. The van der Waals surface area contributed by atoms with E-state index in [9.17, 15) is 9.90 Å². The summed E-state index contributed by atoms with van der Waals surface area (Å²) in [5, 5.41) is 13.7. The molecule has 2 amide bonds. The minimum atomic E-state index is -0.981. The Morgan fingerprint density at radius 2 is 1.89 bits per heavy atom. The number of anilines is 1. The molecule has 2 aromatic rings. The van der Waals surface area contributed by atoms with E-state index in [4.69, 9.17) is 4.74 Å². The van der Waals surface area contributed by atoms with E-state index in [-0.39, 0.29) is 29.6 Å². The molecule has 37 heavy (non-hydrogen) atoms. The number of ether oxygens (including phenoxy) is 1. The number of carbonyl (C=O) groups is 1. The number of aromatic nitrogens is 2. The number of aliphatic hydroxyl groups is 1. The number of hydrogen-bond donors (Lipinski definition) is 2. The Morgan fingerprint density at radius 1 is 1.16 bits per heavy atom. The fraction of sp³-hybridized carbons (Fsp3) is 0.607. The second-order valence-electron chi connectivity index (χ2n) is 11.2. The number of carbonyl (C=O) groups excluding carboxylic acids is 1. The molecule has 1 spiro atoms. The van der Waals surface area contributed by atoms with E-state index in [1.54, 1.807) is 12.3 Å². The SMILES string of the molecule is COc1ccnc(NC(O)CN2CC3(CCC(c4ccccc4)(N(C)C)CC3)N(CC3CCC3)C2=O)n1. The Hall–Kier alpha value is -2.91. The summed E-state index contributed by atoms with van der Waals surface area (Å²) in [6.45, 7) is 1.63. The topological polar surface area (TPSA) is 94.1 Å². The summed E-state index contributed by atoms with van der Waals surface area (Å²) in [6.07, 6.45) is 8.11. The van der Waals surface area contributed by atoms with Crippen LogP contribution in [0.15, 0.2) is 42.6 Å². The van der Waals surface area contributed by atoms with Gasteiger partial charge in [-0.25, -0.2) is 9.78 Å². The molecule has 3 aliphatic rings. The van der Waals surface area contributed by atoms with Crippen molar-refractivity contribution < 1.29 is 14.6 Å². The summed E-state index contributed by atoms with van der Waals surface area (Å²) in [6, 6.07) is 12.5. The lowest BCUT2D eigenvalue weighted by atomic mass is 9.68. The van der Waals surface area contributed by atoms with Crippen LogP contribution >= 0.6 is 0 Å². The van der Waals surface area contributed by atoms with Gasteiger partial charge in [-0.05, 0) is 64.1 Å². The zero-order chi connectivity index (χ0) is 26.0. The van der Waals surface area contributed by atoms with E-state index < -0.39 is 6.23 Å². The van der Waals surface area contributed by atoms with Crippen molar-refractivity contribution in [3.05, 3.63) is 48.2 Å². The van der Waals surface area contributed by atoms with E-state index in [1.165, 1.54) is 31.9 Å². The predicted molar refractivity (Wildman–Crippen MR) is 142 cm³/mol. The van der Waals surface area contributed by atoms with E-state index in [2.05, 4.69) is 69.5 Å². The highest BCUT2D eigenvalue weighted by atomic mass is 16.5. The maximum Gasteiger partial charge on any atom is 0.320 e. The second kappa shape index (κ2) is 10.5. The molecule has 0 bridgehead atoms. The van der Waals surface area contributed by atoms with Crippen LogP contribution in [0.25, 0.3) is 0 Å². The van der Waals surface area contributed by atoms with Gasteiger partial charge >= 0.3 is 6.03 Å². The van der Waals surface area contributed by atoms with Crippen LogP contribution < -0.4 is 10.1 Å². The minimum Gasteiger partial charge on any atom is -0.481 e. The van der Waals surface area contributed by atoms with E-state index in [1.807, 2.05) is 4.90 Å². The molecule has 1 aliphatic heterocycles. The van der Waals surface area contributed by atoms with Gasteiger partial charge in [0, 0.05) is 30.9 Å². The molecule has 3 fully saturated rings. The normalized spacial score (nSPS) is 27.0. The van der Waals surface area contributed by atoms with Gasteiger partial charge in [0.25, 0.3) is 0 Å². The van der Waals surface area contributed by atoms with Crippen LogP contribution in [-0.4, -0.2) is 88.4 Å². The Morgan fingerprint density at radius 3 is 2.51 bits per heavy atom. The zero-order valence-electron chi connectivity index (χ0n) is 22.3. The molecule has 1 aromatic heterocycles. The first-order chi connectivity index (χ1) is 17.8. The molecule has 1 unspecified atom stereocenters. The van der Waals surface area contributed by atoms with Crippen LogP contribution in [0.1, 0.15) is 50.5 Å². The van der Waals surface area contributed by atoms with Crippen LogP contribution in [0.2, 0.25) is 0 Å². The maximum absolute atomic E-state index is 13.8. The third-order valence-corrected chi connectivity index (χ3v) is 8.93. The van der Waals surface area contributed by atoms with Crippen LogP contribution in [0.5, 0.6) is 5.88 Å². The lowest BCUT2D eigenvalue weighted by Crippen LogP contribution is -2.56. The molecule has 2 N–H and O–H groups in total. The highest BCUT2D eigenvalue weighted by molar-refractivity contribution is 5.78. The summed E-state index contributed by atoms with van der Waals surface area (Å²) in [5.41, 5.74) is 1.11. The van der Waals surface area contributed by atoms with Crippen molar-refractivity contribution in [2.24, 2.45) is 5.92 Å². The molecule has 1 saturated heterocycles. The first-order valence-corrected chi connectivity index (χ1v) is 13.5. The van der Waals surface area contributed by atoms with Crippen molar-refractivity contribution in [2.75, 3.05) is 46.2 Å². The molecule has 1 atom stereocenters. The van der Waals surface area contributed by atoms with Crippen molar-refractivity contribution >= 4 is 12.0 Å². The average Bonchev–Trinajstić information content (AvgIpc) is 3.12. The standard InChI is InChI=1S/C28H40N6O3/c1-32(2)28(22-10-5-4-6-11-22)15-13-27(14-16-28)20-33(26(36)34(27)18-21-8-7-9-21)19-23(35)30-25-29-17-12-24(31-25)37-3/h4-6,10-12,17,21,23,35H,7-9,13-16,18-20H2,1-3H3,(H,29,30,31). The molecule has 2 aliphatic carbocycles. The lowest BCUT2D eigenvalue weighted by molar-refractivity contribution is 0.0156. The average molecular weight is 509 g/mol. The Bertz CT molecular complexity index is 1070. The van der Waals surface area contributed by atoms with E-state index in [0.717, 1.165) is 32.2 Å². The molecule has 5 rings (SSSR count). The smallest absolute Gasteiger partial charge is 0.320 e. The number of amides is 2. The number of β-amino-alcohol motifs (C(OH)–C–C–N with tert-alkyl or cyclic N) is 1. The summed E-state index contributed by atoms with van der Waals surface area (Å²) >= 11 is 0. The van der Waals surface area contributed by atoms with Crippen molar-refractivity contribution in [1.82, 2.24) is 24.7 Å². The number of nitrogens with zero attached hydrogens (tertiary/aromatic N) is 5. The van der Waals surface area contributed by atoms with Crippen molar-refractivity contribution in [3.8, 4) is 5.88 Å². The largest absolute Gasteiger partial charge is 0.481 e. The van der Waals surface area contributed by atoms with Gasteiger partial charge in [0.2, 0.25) is 11.8 Å². The molecule has 2 heterocycles. The van der Waals surface area contributed by atoms with Gasteiger partial charge in [-0.3, -0.25) is 4.90 Å². The first kappa shape index (κ1) is 25.7.